The molecule has 0 aromatic heterocycles. The van der Waals surface area contributed by atoms with Crippen LogP contribution in [0.2, 0.25) is 0 Å². The molecule has 0 aliphatic heterocycles. The lowest BCUT2D eigenvalue weighted by molar-refractivity contribution is -0.147. The Bertz CT molecular complexity index is 325. The highest BCUT2D eigenvalue weighted by atomic mass is 79.9. The second kappa shape index (κ2) is 4.54. The van der Waals surface area contributed by atoms with Crippen LogP contribution in [-0.4, -0.2) is 22.3 Å². The molecule has 1 aromatic rings. The molecule has 2 atom stereocenters. The van der Waals surface area contributed by atoms with Crippen LogP contribution in [0.1, 0.15) is 11.6 Å². The number of benzene rings is 1. The van der Waals surface area contributed by atoms with Gasteiger partial charge in [-0.3, -0.25) is 0 Å². The van der Waals surface area contributed by atoms with Gasteiger partial charge in [-0.05, 0) is 17.7 Å². The highest BCUT2D eigenvalue weighted by Crippen LogP contribution is 2.17. The van der Waals surface area contributed by atoms with Gasteiger partial charge >= 0.3 is 5.97 Å². The van der Waals surface area contributed by atoms with E-state index in [2.05, 4.69) is 15.9 Å². The minimum Gasteiger partial charge on any atom is -0.479 e. The number of carboxylic acids is 1. The number of aliphatic hydroxyl groups excluding tert-OH is 1. The number of carbonyl (C=O) groups is 1. The number of hydrogen-bond donors (Lipinski definition) is 3. The normalized spacial score (nSPS) is 14.8. The van der Waals surface area contributed by atoms with Crippen LogP contribution in [0.25, 0.3) is 0 Å². The maximum Gasteiger partial charge on any atom is 0.334 e. The minimum absolute atomic E-state index is 0.586. The second-order valence-corrected chi connectivity index (χ2v) is 3.78. The van der Waals surface area contributed by atoms with Gasteiger partial charge in [0.2, 0.25) is 0 Å². The Morgan fingerprint density at radius 3 is 2.29 bits per heavy atom. The number of rotatable bonds is 3. The number of hydrogen-bond acceptors (Lipinski definition) is 3. The smallest absolute Gasteiger partial charge is 0.334 e. The lowest BCUT2D eigenvalue weighted by atomic mass is 10.0. The van der Waals surface area contributed by atoms with Crippen LogP contribution < -0.4 is 5.73 Å². The molecular weight excluding hydrogens is 250 g/mol. The van der Waals surface area contributed by atoms with Crippen molar-refractivity contribution in [1.29, 1.82) is 0 Å². The molecule has 4 nitrogen and oxygen atoms in total. The Balaban J connectivity index is 2.84. The molecule has 0 saturated carbocycles. The molecule has 0 heterocycles. The van der Waals surface area contributed by atoms with Crippen molar-refractivity contribution in [2.45, 2.75) is 12.1 Å². The van der Waals surface area contributed by atoms with Gasteiger partial charge in [-0.25, -0.2) is 4.79 Å². The molecule has 0 amide bonds. The quantitative estimate of drug-likeness (QED) is 0.753. The molecule has 0 fully saturated rings. The summed E-state index contributed by atoms with van der Waals surface area (Å²) < 4.78 is 0.873. The molecule has 1 rings (SSSR count). The zero-order chi connectivity index (χ0) is 10.7. The van der Waals surface area contributed by atoms with Gasteiger partial charge in [0, 0.05) is 4.47 Å². The standard InChI is InChI=1S/C9H10BrNO3/c10-6-3-1-5(2-4-6)7(11)8(12)9(13)14/h1-4,7-8,12H,11H2,(H,13,14)/t7-,8+/m0/s1. The van der Waals surface area contributed by atoms with Gasteiger partial charge in [0.1, 0.15) is 0 Å². The lowest BCUT2D eigenvalue weighted by Gasteiger charge is -2.15. The maximum absolute atomic E-state index is 10.4. The molecule has 14 heavy (non-hydrogen) atoms. The maximum atomic E-state index is 10.4. The van der Waals surface area contributed by atoms with E-state index in [1.54, 1.807) is 24.3 Å². The van der Waals surface area contributed by atoms with Gasteiger partial charge < -0.3 is 15.9 Å². The summed E-state index contributed by atoms with van der Waals surface area (Å²) in [6.45, 7) is 0. The van der Waals surface area contributed by atoms with Crippen molar-refractivity contribution in [3.05, 3.63) is 34.3 Å². The summed E-state index contributed by atoms with van der Waals surface area (Å²) in [5.74, 6) is -1.32. The van der Waals surface area contributed by atoms with Crippen LogP contribution in [0.5, 0.6) is 0 Å². The number of nitrogens with two attached hydrogens (primary N) is 1. The molecule has 0 bridgehead atoms. The largest absolute Gasteiger partial charge is 0.479 e. The van der Waals surface area contributed by atoms with Crippen molar-refractivity contribution < 1.29 is 15.0 Å². The molecule has 0 aliphatic carbocycles. The van der Waals surface area contributed by atoms with Crippen molar-refractivity contribution in [3.63, 3.8) is 0 Å². The van der Waals surface area contributed by atoms with Crippen LogP contribution in [-0.2, 0) is 4.79 Å². The van der Waals surface area contributed by atoms with Gasteiger partial charge in [-0.1, -0.05) is 28.1 Å². The zero-order valence-corrected chi connectivity index (χ0v) is 8.81. The van der Waals surface area contributed by atoms with Gasteiger partial charge in [-0.15, -0.1) is 0 Å². The highest BCUT2D eigenvalue weighted by Gasteiger charge is 2.23. The number of halogens is 1. The van der Waals surface area contributed by atoms with E-state index in [1.807, 2.05) is 0 Å². The second-order valence-electron chi connectivity index (χ2n) is 2.86. The van der Waals surface area contributed by atoms with E-state index in [0.29, 0.717) is 5.56 Å². The first-order chi connectivity index (χ1) is 6.52. The van der Waals surface area contributed by atoms with E-state index in [-0.39, 0.29) is 0 Å². The summed E-state index contributed by atoms with van der Waals surface area (Å²) >= 11 is 3.24. The van der Waals surface area contributed by atoms with Crippen molar-refractivity contribution in [1.82, 2.24) is 0 Å². The van der Waals surface area contributed by atoms with Crippen LogP contribution in [0.15, 0.2) is 28.7 Å². The van der Waals surface area contributed by atoms with Gasteiger partial charge in [0.15, 0.2) is 6.10 Å². The Morgan fingerprint density at radius 1 is 1.36 bits per heavy atom. The summed E-state index contributed by atoms with van der Waals surface area (Å²) in [4.78, 5) is 10.4. The average molecular weight is 260 g/mol. The summed E-state index contributed by atoms with van der Waals surface area (Å²) in [7, 11) is 0. The molecule has 76 valence electrons. The first-order valence-electron chi connectivity index (χ1n) is 3.94. The van der Waals surface area contributed by atoms with Gasteiger partial charge in [0.25, 0.3) is 0 Å². The number of aliphatic carboxylic acids is 1. The first-order valence-corrected chi connectivity index (χ1v) is 4.73. The minimum atomic E-state index is -1.57. The predicted octanol–water partition coefficient (Wildman–Crippen LogP) is 0.894. The van der Waals surface area contributed by atoms with E-state index in [9.17, 15) is 9.90 Å². The molecule has 4 N–H and O–H groups in total. The van der Waals surface area contributed by atoms with Crippen molar-refractivity contribution >= 4 is 21.9 Å². The highest BCUT2D eigenvalue weighted by molar-refractivity contribution is 9.10. The fraction of sp³-hybridized carbons (Fsp3) is 0.222. The van der Waals surface area contributed by atoms with E-state index < -0.39 is 18.1 Å². The fourth-order valence-electron chi connectivity index (χ4n) is 1.02. The molecule has 1 aromatic carbocycles. The molecule has 0 radical (unpaired) electrons. The average Bonchev–Trinajstić information content (AvgIpc) is 2.16. The molecule has 0 aliphatic rings. The molecule has 0 spiro atoms. The third-order valence-electron chi connectivity index (χ3n) is 1.85. The Morgan fingerprint density at radius 2 is 1.86 bits per heavy atom. The Labute approximate surface area is 89.5 Å². The van der Waals surface area contributed by atoms with Crippen LogP contribution in [0.4, 0.5) is 0 Å². The summed E-state index contributed by atoms with van der Waals surface area (Å²) in [6.07, 6.45) is -1.57. The number of carboxylic acid groups (broad SMARTS) is 1. The van der Waals surface area contributed by atoms with Gasteiger partial charge in [-0.2, -0.15) is 0 Å². The van der Waals surface area contributed by atoms with E-state index in [4.69, 9.17) is 10.8 Å². The SMILES string of the molecule is N[C@@H](c1ccc(Br)cc1)[C@@H](O)C(=O)O. The Hall–Kier alpha value is -0.910. The fourth-order valence-corrected chi connectivity index (χ4v) is 1.29. The first kappa shape index (κ1) is 11.2. The van der Waals surface area contributed by atoms with E-state index >= 15 is 0 Å². The van der Waals surface area contributed by atoms with Crippen LogP contribution in [0, 0.1) is 0 Å². The molecule has 0 unspecified atom stereocenters. The summed E-state index contributed by atoms with van der Waals surface area (Å²) in [5, 5.41) is 17.7. The van der Waals surface area contributed by atoms with Crippen LogP contribution >= 0.6 is 15.9 Å². The molecule has 0 saturated heterocycles. The lowest BCUT2D eigenvalue weighted by Crippen LogP contribution is -2.33. The topological polar surface area (TPSA) is 83.5 Å². The third kappa shape index (κ3) is 2.54. The van der Waals surface area contributed by atoms with Crippen molar-refractivity contribution in [3.8, 4) is 0 Å². The Kier molecular flexibility index (Phi) is 3.62. The van der Waals surface area contributed by atoms with Crippen LogP contribution in [0.3, 0.4) is 0 Å². The zero-order valence-electron chi connectivity index (χ0n) is 7.22. The molecule has 5 heteroatoms. The van der Waals surface area contributed by atoms with E-state index in [1.165, 1.54) is 0 Å². The third-order valence-corrected chi connectivity index (χ3v) is 2.38. The number of aliphatic hydroxyl groups is 1. The van der Waals surface area contributed by atoms with Gasteiger partial charge in [0.05, 0.1) is 6.04 Å². The predicted molar refractivity (Wildman–Crippen MR) is 54.7 cm³/mol. The van der Waals surface area contributed by atoms with Crippen molar-refractivity contribution in [2.75, 3.05) is 0 Å². The monoisotopic (exact) mass is 259 g/mol. The summed E-state index contributed by atoms with van der Waals surface area (Å²) in [6, 6.07) is 5.91. The van der Waals surface area contributed by atoms with Crippen molar-refractivity contribution in [2.24, 2.45) is 5.73 Å². The summed E-state index contributed by atoms with van der Waals surface area (Å²) in [5.41, 5.74) is 6.13. The molecular formula is C9H10BrNO3. The van der Waals surface area contributed by atoms with E-state index in [0.717, 1.165) is 4.47 Å².